The van der Waals surface area contributed by atoms with Crippen LogP contribution >= 0.6 is 11.6 Å². The van der Waals surface area contributed by atoms with Crippen molar-refractivity contribution < 1.29 is 55.3 Å². The van der Waals surface area contributed by atoms with Gasteiger partial charge in [-0.2, -0.15) is 13.2 Å². The Kier molecular flexibility index (Phi) is 10.4. The number of urea groups is 1. The number of nitrogens with one attached hydrogen (secondary N) is 1. The standard InChI is InChI=1S/C46H49ClF6N2O6/c1-26(2)54-39(58)55(24-27-5-8-30(9-6-27)61-46(51,52)53)25-43(59)18-15-37-41(43,4)17-14-36-40(3)16-13-29(56)22-42(40)19-20-44(36,37)32(23-42)38(57)35-12-11-34(60-35)31-21-28(45(48,49)50)7-10-33(31)47/h5-12,19-21,23,26,29,36-37,56,59H,13-18,22,24-25H2,1-4H3,(H,54,58)/t29?,36-,37-,40-,41+,42+,43-,44-/m1/s1. The summed E-state index contributed by atoms with van der Waals surface area (Å²) in [4.78, 5) is 30.4. The Balaban J connectivity index is 1.17. The lowest BCUT2D eigenvalue weighted by Crippen LogP contribution is -2.67. The average Bonchev–Trinajstić information content (AvgIpc) is 3.76. The van der Waals surface area contributed by atoms with E-state index in [0.29, 0.717) is 49.7 Å². The number of hydrogen-bond donors (Lipinski definition) is 3. The van der Waals surface area contributed by atoms with Gasteiger partial charge in [-0.3, -0.25) is 4.79 Å². The van der Waals surface area contributed by atoms with E-state index in [9.17, 15) is 41.4 Å². The molecule has 2 aromatic carbocycles. The highest BCUT2D eigenvalue weighted by Gasteiger charge is 2.74. The van der Waals surface area contributed by atoms with E-state index in [1.54, 1.807) is 13.8 Å². The van der Waals surface area contributed by atoms with Crippen LogP contribution in [0.15, 0.2) is 82.8 Å². The van der Waals surface area contributed by atoms with Crippen molar-refractivity contribution in [3.05, 3.63) is 100 Å². The number of alkyl halides is 6. The highest BCUT2D eigenvalue weighted by atomic mass is 35.5. The lowest BCUT2D eigenvalue weighted by Gasteiger charge is -2.71. The number of aliphatic hydroxyl groups is 2. The molecule has 328 valence electrons. The molecule has 0 radical (unpaired) electrons. The second-order valence-corrected chi connectivity index (χ2v) is 19.1. The number of fused-ring (bicyclic) bond motifs is 1. The van der Waals surface area contributed by atoms with Gasteiger partial charge in [0.25, 0.3) is 0 Å². The molecule has 1 unspecified atom stereocenters. The Morgan fingerprint density at radius 1 is 0.934 bits per heavy atom. The Bertz CT molecular complexity index is 2290. The molecule has 0 aliphatic heterocycles. The number of aliphatic hydroxyl groups excluding tert-OH is 1. The van der Waals surface area contributed by atoms with Crippen molar-refractivity contribution in [1.82, 2.24) is 10.2 Å². The summed E-state index contributed by atoms with van der Waals surface area (Å²) >= 11 is 6.37. The topological polar surface area (TPSA) is 112 Å². The summed E-state index contributed by atoms with van der Waals surface area (Å²) in [7, 11) is 0. The number of allylic oxidation sites excluding steroid dienone is 4. The molecule has 3 N–H and O–H groups in total. The minimum Gasteiger partial charge on any atom is -0.453 e. The monoisotopic (exact) mass is 874 g/mol. The van der Waals surface area contributed by atoms with Crippen molar-refractivity contribution in [2.75, 3.05) is 6.54 Å². The number of hydrogen-bond acceptors (Lipinski definition) is 6. The summed E-state index contributed by atoms with van der Waals surface area (Å²) in [5.41, 5.74) is -4.26. The van der Waals surface area contributed by atoms with E-state index in [-0.39, 0.29) is 64.9 Å². The zero-order valence-corrected chi connectivity index (χ0v) is 35.0. The number of furan rings is 1. The number of ether oxygens (including phenoxy) is 1. The highest BCUT2D eigenvalue weighted by molar-refractivity contribution is 6.33. The molecule has 2 amide bonds. The molecule has 2 spiro atoms. The predicted octanol–water partition coefficient (Wildman–Crippen LogP) is 10.9. The van der Waals surface area contributed by atoms with Gasteiger partial charge in [0.1, 0.15) is 11.5 Å². The Morgan fingerprint density at radius 2 is 1.61 bits per heavy atom. The van der Waals surface area contributed by atoms with Crippen molar-refractivity contribution in [2.24, 2.45) is 33.5 Å². The molecule has 15 heteroatoms. The van der Waals surface area contributed by atoms with E-state index in [0.717, 1.165) is 18.2 Å². The predicted molar refractivity (Wildman–Crippen MR) is 214 cm³/mol. The highest BCUT2D eigenvalue weighted by Crippen LogP contribution is 2.78. The Hall–Kier alpha value is -4.27. The number of benzene rings is 2. The third-order valence-corrected chi connectivity index (χ3v) is 15.4. The van der Waals surface area contributed by atoms with Crippen molar-refractivity contribution in [2.45, 2.75) is 109 Å². The van der Waals surface area contributed by atoms with Gasteiger partial charge in [0.05, 0.1) is 28.8 Å². The molecule has 3 saturated carbocycles. The van der Waals surface area contributed by atoms with Gasteiger partial charge < -0.3 is 29.6 Å². The number of nitrogens with zero attached hydrogens (tertiary/aromatic N) is 1. The second-order valence-electron chi connectivity index (χ2n) is 18.6. The van der Waals surface area contributed by atoms with Crippen LogP contribution in [-0.4, -0.2) is 57.6 Å². The largest absolute Gasteiger partial charge is 0.573 e. The molecular formula is C46H49ClF6N2O6. The number of carbonyl (C=O) groups excluding carboxylic acids is 2. The first-order chi connectivity index (χ1) is 28.4. The Labute approximate surface area is 355 Å². The van der Waals surface area contributed by atoms with Crippen LogP contribution in [-0.2, 0) is 12.7 Å². The quantitative estimate of drug-likeness (QED) is 0.112. The maximum absolute atomic E-state index is 15.1. The summed E-state index contributed by atoms with van der Waals surface area (Å²) in [6, 6.07) is 10.3. The van der Waals surface area contributed by atoms with E-state index in [1.165, 1.54) is 41.3 Å². The van der Waals surface area contributed by atoms with Crippen molar-refractivity contribution in [3.63, 3.8) is 0 Å². The molecule has 8 atom stereocenters. The molecule has 6 aliphatic carbocycles. The molecule has 6 aliphatic rings. The molecule has 0 saturated heterocycles. The van der Waals surface area contributed by atoms with E-state index >= 15 is 4.79 Å². The first-order valence-electron chi connectivity index (χ1n) is 20.7. The second kappa shape index (κ2) is 14.7. The summed E-state index contributed by atoms with van der Waals surface area (Å²) in [6.07, 6.45) is -0.245. The zero-order chi connectivity index (χ0) is 44.1. The number of Topliss-reactive ketones (excluding diaryl/α,β-unsaturated/α-hetero) is 1. The van der Waals surface area contributed by atoms with Crippen molar-refractivity contribution >= 4 is 23.4 Å². The van der Waals surface area contributed by atoms with E-state index in [1.807, 2.05) is 13.0 Å². The van der Waals surface area contributed by atoms with Crippen LogP contribution in [0.25, 0.3) is 11.3 Å². The molecule has 1 aromatic heterocycles. The lowest BCUT2D eigenvalue weighted by atomic mass is 9.32. The number of ketones is 1. The molecule has 1 heterocycles. The van der Waals surface area contributed by atoms with Crippen molar-refractivity contribution in [3.8, 4) is 17.1 Å². The van der Waals surface area contributed by atoms with Gasteiger partial charge in [0.15, 0.2) is 5.76 Å². The minimum atomic E-state index is -4.87. The van der Waals surface area contributed by atoms with Crippen LogP contribution < -0.4 is 10.1 Å². The summed E-state index contributed by atoms with van der Waals surface area (Å²) in [5.74, 6) is -1.35. The molecule has 3 aromatic rings. The normalized spacial score (nSPS) is 32.8. The summed E-state index contributed by atoms with van der Waals surface area (Å²) in [5, 5.41) is 27.0. The fourth-order valence-electron chi connectivity index (χ4n) is 12.1. The van der Waals surface area contributed by atoms with Crippen LogP contribution in [0.4, 0.5) is 31.1 Å². The zero-order valence-electron chi connectivity index (χ0n) is 34.2. The first kappa shape index (κ1) is 43.4. The van der Waals surface area contributed by atoms with Gasteiger partial charge >= 0.3 is 18.6 Å². The van der Waals surface area contributed by atoms with Crippen LogP contribution in [0.2, 0.25) is 5.02 Å². The van der Waals surface area contributed by atoms with Gasteiger partial charge in [-0.15, -0.1) is 13.2 Å². The fraction of sp³-hybridized carbons (Fsp3) is 0.522. The van der Waals surface area contributed by atoms with Gasteiger partial charge in [0, 0.05) is 40.0 Å². The molecule has 2 bridgehead atoms. The average molecular weight is 875 g/mol. The number of carbonyl (C=O) groups is 2. The van der Waals surface area contributed by atoms with Crippen LogP contribution in [0.5, 0.6) is 5.75 Å². The van der Waals surface area contributed by atoms with E-state index < -0.39 is 63.6 Å². The number of amides is 2. The smallest absolute Gasteiger partial charge is 0.453 e. The fourth-order valence-corrected chi connectivity index (χ4v) is 12.3. The van der Waals surface area contributed by atoms with Gasteiger partial charge in [-0.1, -0.05) is 55.8 Å². The summed E-state index contributed by atoms with van der Waals surface area (Å²) < 4.78 is 89.9. The maximum atomic E-state index is 15.1. The Morgan fingerprint density at radius 3 is 2.28 bits per heavy atom. The first-order valence-corrected chi connectivity index (χ1v) is 21.1. The number of halogens is 7. The van der Waals surface area contributed by atoms with Crippen molar-refractivity contribution in [1.29, 1.82) is 0 Å². The third-order valence-electron chi connectivity index (χ3n) is 15.0. The van der Waals surface area contributed by atoms with Crippen LogP contribution in [0.3, 0.4) is 0 Å². The van der Waals surface area contributed by atoms with Gasteiger partial charge in [0.2, 0.25) is 5.78 Å². The van der Waals surface area contributed by atoms with Gasteiger partial charge in [-0.25, -0.2) is 4.79 Å². The molecule has 61 heavy (non-hydrogen) atoms. The van der Waals surface area contributed by atoms with Crippen LogP contribution in [0, 0.1) is 33.5 Å². The van der Waals surface area contributed by atoms with Gasteiger partial charge in [-0.05, 0) is 124 Å². The van der Waals surface area contributed by atoms with Crippen LogP contribution in [0.1, 0.15) is 94.3 Å². The molecule has 3 fully saturated rings. The molecular weight excluding hydrogens is 826 g/mol. The lowest BCUT2D eigenvalue weighted by molar-refractivity contribution is -0.274. The molecule has 8 nitrogen and oxygen atoms in total. The molecule has 9 rings (SSSR count). The maximum Gasteiger partial charge on any atom is 0.573 e. The third kappa shape index (κ3) is 7.08. The van der Waals surface area contributed by atoms with E-state index in [2.05, 4.69) is 29.1 Å². The summed E-state index contributed by atoms with van der Waals surface area (Å²) in [6.45, 7) is 7.70. The SMILES string of the molecule is CC(C)NC(=O)N(Cc1ccc(OC(F)(F)F)cc1)C[C@]1(O)CC[C@H]2[C@]34C=C[C@@]5(C=C3C(=O)c3ccc(-c6cc(C(F)(F)F)ccc6Cl)o3)CC(O)CC[C@]5(C)[C@H]4CC[C@@]21C. The number of rotatable bonds is 9. The minimum absolute atomic E-state index is 0.00675. The van der Waals surface area contributed by atoms with E-state index in [4.69, 9.17) is 16.0 Å².